The molecule has 0 aliphatic heterocycles. The number of carbonyl (C=O) groups excluding carboxylic acids is 1. The van der Waals surface area contributed by atoms with E-state index in [0.717, 1.165) is 5.56 Å². The number of benzene rings is 3. The predicted molar refractivity (Wildman–Crippen MR) is 126 cm³/mol. The molecule has 2 N–H and O–H groups in total. The van der Waals surface area contributed by atoms with Gasteiger partial charge in [0.2, 0.25) is 0 Å². The summed E-state index contributed by atoms with van der Waals surface area (Å²) < 4.78 is 6.37. The van der Waals surface area contributed by atoms with E-state index in [-0.39, 0.29) is 16.8 Å². The molecule has 0 fully saturated rings. The van der Waals surface area contributed by atoms with Crippen LogP contribution in [0.3, 0.4) is 0 Å². The van der Waals surface area contributed by atoms with Crippen molar-refractivity contribution in [2.75, 3.05) is 5.32 Å². The van der Waals surface area contributed by atoms with Crippen molar-refractivity contribution < 1.29 is 19.4 Å². The zero-order valence-corrected chi connectivity index (χ0v) is 18.9. The van der Waals surface area contributed by atoms with Gasteiger partial charge in [-0.2, -0.15) is 5.26 Å². The minimum Gasteiger partial charge on any atom is -0.486 e. The standard InChI is InChI=1S/C24H16BrClN2O4/c25-20-10-16(11-21(26)22(20)32-14-15-5-2-1-3-6-15)9-18(13-27)23(29)28-19-8-4-7-17(12-19)24(30)31/h1-12H,14H2,(H,28,29)(H,30,31)/b18-9-. The molecule has 0 saturated carbocycles. The second kappa shape index (κ2) is 10.6. The first-order chi connectivity index (χ1) is 15.4. The fourth-order valence-electron chi connectivity index (χ4n) is 2.77. The molecule has 0 bridgehead atoms. The van der Waals surface area contributed by atoms with Gasteiger partial charge < -0.3 is 15.2 Å². The molecule has 6 nitrogen and oxygen atoms in total. The number of carboxylic acid groups (broad SMARTS) is 1. The Labute approximate surface area is 197 Å². The van der Waals surface area contributed by atoms with Gasteiger partial charge in [-0.1, -0.05) is 48.0 Å². The zero-order chi connectivity index (χ0) is 23.1. The number of halogens is 2. The van der Waals surface area contributed by atoms with Crippen LogP contribution in [0, 0.1) is 11.3 Å². The number of hydrogen-bond donors (Lipinski definition) is 2. The Bertz CT molecular complexity index is 1210. The van der Waals surface area contributed by atoms with E-state index in [1.807, 2.05) is 36.4 Å². The maximum atomic E-state index is 12.5. The van der Waals surface area contributed by atoms with Crippen LogP contribution in [-0.4, -0.2) is 17.0 Å². The van der Waals surface area contributed by atoms with Gasteiger partial charge in [0, 0.05) is 5.69 Å². The maximum Gasteiger partial charge on any atom is 0.335 e. The van der Waals surface area contributed by atoms with Crippen LogP contribution in [-0.2, 0) is 11.4 Å². The van der Waals surface area contributed by atoms with Crippen molar-refractivity contribution in [3.63, 3.8) is 0 Å². The molecule has 0 aromatic heterocycles. The van der Waals surface area contributed by atoms with Crippen LogP contribution in [0.25, 0.3) is 6.08 Å². The number of hydrogen-bond acceptors (Lipinski definition) is 4. The molecule has 3 rings (SSSR count). The second-order valence-electron chi connectivity index (χ2n) is 6.60. The highest BCUT2D eigenvalue weighted by atomic mass is 79.9. The van der Waals surface area contributed by atoms with Crippen molar-refractivity contribution in [3.8, 4) is 11.8 Å². The van der Waals surface area contributed by atoms with Crippen LogP contribution >= 0.6 is 27.5 Å². The number of carbonyl (C=O) groups is 2. The minimum atomic E-state index is -1.12. The van der Waals surface area contributed by atoms with E-state index in [0.29, 0.717) is 27.4 Å². The first-order valence-electron chi connectivity index (χ1n) is 9.29. The van der Waals surface area contributed by atoms with E-state index in [1.54, 1.807) is 12.1 Å². The number of nitriles is 1. The molecule has 0 aliphatic rings. The molecule has 0 aliphatic carbocycles. The summed E-state index contributed by atoms with van der Waals surface area (Å²) in [5.41, 5.74) is 1.61. The van der Waals surface area contributed by atoms with E-state index in [4.69, 9.17) is 21.4 Å². The number of nitrogens with zero attached hydrogens (tertiary/aromatic N) is 1. The molecule has 0 unspecified atom stereocenters. The van der Waals surface area contributed by atoms with Gasteiger partial charge in [0.05, 0.1) is 15.1 Å². The lowest BCUT2D eigenvalue weighted by Crippen LogP contribution is -2.14. The van der Waals surface area contributed by atoms with Gasteiger partial charge in [0.1, 0.15) is 18.2 Å². The maximum absolute atomic E-state index is 12.5. The lowest BCUT2D eigenvalue weighted by Gasteiger charge is -2.11. The molecule has 3 aromatic carbocycles. The van der Waals surface area contributed by atoms with E-state index in [1.165, 1.54) is 30.3 Å². The molecule has 8 heteroatoms. The zero-order valence-electron chi connectivity index (χ0n) is 16.5. The van der Waals surface area contributed by atoms with Gasteiger partial charge in [-0.15, -0.1) is 0 Å². The quantitative estimate of drug-likeness (QED) is 0.303. The first-order valence-corrected chi connectivity index (χ1v) is 10.5. The van der Waals surface area contributed by atoms with Gasteiger partial charge in [0.25, 0.3) is 5.91 Å². The third-order valence-electron chi connectivity index (χ3n) is 4.29. The first kappa shape index (κ1) is 23.1. The number of anilines is 1. The van der Waals surface area contributed by atoms with Crippen LogP contribution in [0.1, 0.15) is 21.5 Å². The molecule has 0 heterocycles. The normalized spacial score (nSPS) is 10.8. The van der Waals surface area contributed by atoms with E-state index >= 15 is 0 Å². The summed E-state index contributed by atoms with van der Waals surface area (Å²) >= 11 is 9.78. The summed E-state index contributed by atoms with van der Waals surface area (Å²) in [6.07, 6.45) is 1.38. The number of carboxylic acids is 1. The van der Waals surface area contributed by atoms with Gasteiger partial charge in [-0.3, -0.25) is 4.79 Å². The third kappa shape index (κ3) is 5.97. The minimum absolute atomic E-state index is 0.0205. The number of nitrogens with one attached hydrogen (secondary N) is 1. The monoisotopic (exact) mass is 510 g/mol. The molecule has 0 saturated heterocycles. The number of rotatable bonds is 7. The molecule has 1 amide bonds. The van der Waals surface area contributed by atoms with E-state index in [2.05, 4.69) is 21.2 Å². The smallest absolute Gasteiger partial charge is 0.335 e. The molecule has 32 heavy (non-hydrogen) atoms. The Morgan fingerprint density at radius 3 is 2.53 bits per heavy atom. The summed E-state index contributed by atoms with van der Waals surface area (Å²) in [5.74, 6) is -1.35. The van der Waals surface area contributed by atoms with Crippen molar-refractivity contribution in [1.29, 1.82) is 5.26 Å². The van der Waals surface area contributed by atoms with E-state index < -0.39 is 11.9 Å². The van der Waals surface area contributed by atoms with Gasteiger partial charge >= 0.3 is 5.97 Å². The predicted octanol–water partition coefficient (Wildman–Crippen LogP) is 5.93. The average Bonchev–Trinajstić information content (AvgIpc) is 2.77. The number of amides is 1. The molecule has 3 aromatic rings. The molecular formula is C24H16BrClN2O4. The van der Waals surface area contributed by atoms with E-state index in [9.17, 15) is 14.9 Å². The van der Waals surface area contributed by atoms with Crippen LogP contribution < -0.4 is 10.1 Å². The van der Waals surface area contributed by atoms with Crippen LogP contribution in [0.5, 0.6) is 5.75 Å². The molecular weight excluding hydrogens is 496 g/mol. The Balaban J connectivity index is 1.78. The Kier molecular flexibility index (Phi) is 7.66. The van der Waals surface area contributed by atoms with Gasteiger partial charge in [0.15, 0.2) is 5.75 Å². The van der Waals surface area contributed by atoms with Crippen LogP contribution in [0.2, 0.25) is 5.02 Å². The van der Waals surface area contributed by atoms with Gasteiger partial charge in [-0.05, 0) is 63.5 Å². The molecule has 160 valence electrons. The largest absolute Gasteiger partial charge is 0.486 e. The number of aromatic carboxylic acids is 1. The molecule has 0 radical (unpaired) electrons. The van der Waals surface area contributed by atoms with Crippen molar-refractivity contribution in [2.45, 2.75) is 6.61 Å². The van der Waals surface area contributed by atoms with Crippen molar-refractivity contribution in [1.82, 2.24) is 0 Å². The lowest BCUT2D eigenvalue weighted by atomic mass is 10.1. The van der Waals surface area contributed by atoms with Gasteiger partial charge in [-0.25, -0.2) is 4.79 Å². The van der Waals surface area contributed by atoms with Crippen molar-refractivity contribution >= 4 is 51.2 Å². The highest BCUT2D eigenvalue weighted by molar-refractivity contribution is 9.10. The molecule has 0 spiro atoms. The van der Waals surface area contributed by atoms with Crippen molar-refractivity contribution in [3.05, 3.63) is 98.5 Å². The third-order valence-corrected chi connectivity index (χ3v) is 5.16. The Morgan fingerprint density at radius 1 is 1.12 bits per heavy atom. The highest BCUT2D eigenvalue weighted by Gasteiger charge is 2.14. The van der Waals surface area contributed by atoms with Crippen LogP contribution in [0.15, 0.2) is 76.8 Å². The Morgan fingerprint density at radius 2 is 1.88 bits per heavy atom. The SMILES string of the molecule is N#C/C(=C/c1cc(Cl)c(OCc2ccccc2)c(Br)c1)C(=O)Nc1cccc(C(=O)O)c1. The Hall–Kier alpha value is -3.60. The fraction of sp³-hybridized carbons (Fsp3) is 0.0417. The summed E-state index contributed by atoms with van der Waals surface area (Å²) in [7, 11) is 0. The van der Waals surface area contributed by atoms with Crippen LogP contribution in [0.4, 0.5) is 5.69 Å². The summed E-state index contributed by atoms with van der Waals surface area (Å²) in [5, 5.41) is 21.3. The fourth-order valence-corrected chi connectivity index (χ4v) is 3.76. The number of ether oxygens (including phenoxy) is 1. The lowest BCUT2D eigenvalue weighted by molar-refractivity contribution is -0.112. The topological polar surface area (TPSA) is 99.4 Å². The highest BCUT2D eigenvalue weighted by Crippen LogP contribution is 2.35. The summed E-state index contributed by atoms with van der Waals surface area (Å²) in [6.45, 7) is 0.329. The average molecular weight is 512 g/mol. The van der Waals surface area contributed by atoms with Crippen molar-refractivity contribution in [2.24, 2.45) is 0 Å². The molecule has 0 atom stereocenters. The summed E-state index contributed by atoms with van der Waals surface area (Å²) in [4.78, 5) is 23.6. The second-order valence-corrected chi connectivity index (χ2v) is 7.86. The summed E-state index contributed by atoms with van der Waals surface area (Å²) in [6, 6.07) is 20.5.